The Bertz CT molecular complexity index is 600. The number of hydrogen-bond donors (Lipinski definition) is 2. The highest BCUT2D eigenvalue weighted by atomic mass is 16.5. The van der Waals surface area contributed by atoms with E-state index >= 15 is 0 Å². The molecule has 1 saturated carbocycles. The van der Waals surface area contributed by atoms with Crippen LogP contribution in [0.15, 0.2) is 24.3 Å². The van der Waals surface area contributed by atoms with Gasteiger partial charge in [0.25, 0.3) is 0 Å². The number of nitrogens with zero attached hydrogens (tertiary/aromatic N) is 1. The van der Waals surface area contributed by atoms with Crippen molar-refractivity contribution in [3.8, 4) is 5.75 Å². The predicted molar refractivity (Wildman–Crippen MR) is 108 cm³/mol. The number of hydrogen-bond acceptors (Lipinski definition) is 4. The lowest BCUT2D eigenvalue weighted by atomic mass is 9.89. The third kappa shape index (κ3) is 7.59. The van der Waals surface area contributed by atoms with Crippen LogP contribution in [-0.4, -0.2) is 50.0 Å². The summed E-state index contributed by atoms with van der Waals surface area (Å²) in [5, 5.41) is 5.92. The minimum atomic E-state index is -0.145. The molecule has 2 amide bonds. The average molecular weight is 376 g/mol. The summed E-state index contributed by atoms with van der Waals surface area (Å²) in [6, 6.07) is 7.31. The number of rotatable bonds is 10. The van der Waals surface area contributed by atoms with Crippen molar-refractivity contribution < 1.29 is 14.3 Å². The molecule has 0 bridgehead atoms. The van der Waals surface area contributed by atoms with Gasteiger partial charge < -0.3 is 15.4 Å². The summed E-state index contributed by atoms with van der Waals surface area (Å²) >= 11 is 0. The standard InChI is InChI=1S/C21H33N3O3/c1-3-13-24(15-20(25)22-14-17-9-5-4-6-10-17)16-21(26)23-18-11-7-8-12-19(18)27-2/h7-8,11-12,17H,3-6,9-10,13-16H2,1-2H3,(H,22,25)(H,23,26). The van der Waals surface area contributed by atoms with Crippen molar-refractivity contribution >= 4 is 17.5 Å². The summed E-state index contributed by atoms with van der Waals surface area (Å²) in [6.07, 6.45) is 7.16. The largest absolute Gasteiger partial charge is 0.495 e. The van der Waals surface area contributed by atoms with Crippen molar-refractivity contribution in [1.82, 2.24) is 10.2 Å². The molecule has 1 aliphatic rings. The van der Waals surface area contributed by atoms with Gasteiger partial charge in [-0.05, 0) is 43.9 Å². The summed E-state index contributed by atoms with van der Waals surface area (Å²) in [5.74, 6) is 1.08. The van der Waals surface area contributed by atoms with Gasteiger partial charge in [0, 0.05) is 6.54 Å². The molecular weight excluding hydrogens is 342 g/mol. The van der Waals surface area contributed by atoms with E-state index in [4.69, 9.17) is 4.74 Å². The first-order valence-electron chi connectivity index (χ1n) is 10.0. The van der Waals surface area contributed by atoms with Crippen LogP contribution >= 0.6 is 0 Å². The van der Waals surface area contributed by atoms with Crippen molar-refractivity contribution in [2.45, 2.75) is 45.4 Å². The Morgan fingerprint density at radius 2 is 1.81 bits per heavy atom. The van der Waals surface area contributed by atoms with E-state index in [0.717, 1.165) is 13.0 Å². The Labute approximate surface area is 162 Å². The minimum Gasteiger partial charge on any atom is -0.495 e. The molecule has 6 heteroatoms. The minimum absolute atomic E-state index is 0.000819. The lowest BCUT2D eigenvalue weighted by molar-refractivity contribution is -0.123. The van der Waals surface area contributed by atoms with Gasteiger partial charge in [-0.15, -0.1) is 0 Å². The fraction of sp³-hybridized carbons (Fsp3) is 0.619. The molecule has 1 aliphatic carbocycles. The van der Waals surface area contributed by atoms with E-state index in [2.05, 4.69) is 10.6 Å². The number of para-hydroxylation sites is 2. The first-order chi connectivity index (χ1) is 13.1. The Hall–Kier alpha value is -2.08. The number of benzene rings is 1. The van der Waals surface area contributed by atoms with Crippen molar-refractivity contribution in [3.63, 3.8) is 0 Å². The van der Waals surface area contributed by atoms with Crippen LogP contribution in [0.3, 0.4) is 0 Å². The highest BCUT2D eigenvalue weighted by molar-refractivity contribution is 5.94. The molecule has 0 spiro atoms. The van der Waals surface area contributed by atoms with Gasteiger partial charge in [0.2, 0.25) is 11.8 Å². The van der Waals surface area contributed by atoms with Gasteiger partial charge in [-0.1, -0.05) is 38.3 Å². The summed E-state index contributed by atoms with van der Waals surface area (Å²) in [7, 11) is 1.57. The molecule has 1 aromatic rings. The molecule has 150 valence electrons. The highest BCUT2D eigenvalue weighted by Gasteiger charge is 2.17. The van der Waals surface area contributed by atoms with Gasteiger partial charge in [0.05, 0.1) is 25.9 Å². The van der Waals surface area contributed by atoms with E-state index in [1.165, 1.54) is 32.1 Å². The Morgan fingerprint density at radius 3 is 2.52 bits per heavy atom. The van der Waals surface area contributed by atoms with Crippen LogP contribution in [0.4, 0.5) is 5.69 Å². The van der Waals surface area contributed by atoms with E-state index < -0.39 is 0 Å². The molecule has 0 atom stereocenters. The summed E-state index contributed by atoms with van der Waals surface area (Å²) in [6.45, 7) is 3.94. The second kappa shape index (κ2) is 11.6. The van der Waals surface area contributed by atoms with Gasteiger partial charge in [-0.2, -0.15) is 0 Å². The molecule has 0 radical (unpaired) electrons. The van der Waals surface area contributed by atoms with Gasteiger partial charge in [-0.25, -0.2) is 0 Å². The zero-order valence-electron chi connectivity index (χ0n) is 16.6. The lowest BCUT2D eigenvalue weighted by Gasteiger charge is -2.24. The molecule has 1 aromatic carbocycles. The molecule has 0 aliphatic heterocycles. The van der Waals surface area contributed by atoms with E-state index in [-0.39, 0.29) is 24.9 Å². The van der Waals surface area contributed by atoms with Gasteiger partial charge in [-0.3, -0.25) is 14.5 Å². The number of ether oxygens (including phenoxy) is 1. The maximum absolute atomic E-state index is 12.4. The zero-order chi connectivity index (χ0) is 19.5. The number of anilines is 1. The van der Waals surface area contributed by atoms with Crippen LogP contribution in [0, 0.1) is 5.92 Å². The molecule has 27 heavy (non-hydrogen) atoms. The fourth-order valence-corrected chi connectivity index (χ4v) is 3.58. The molecule has 0 unspecified atom stereocenters. The number of amides is 2. The predicted octanol–water partition coefficient (Wildman–Crippen LogP) is 3.04. The number of nitrogens with one attached hydrogen (secondary N) is 2. The quantitative estimate of drug-likeness (QED) is 0.659. The maximum atomic E-state index is 12.4. The Morgan fingerprint density at radius 1 is 1.11 bits per heavy atom. The Kier molecular flexibility index (Phi) is 9.11. The number of carbonyl (C=O) groups excluding carboxylic acids is 2. The second-order valence-corrected chi connectivity index (χ2v) is 7.27. The van der Waals surface area contributed by atoms with Crippen molar-refractivity contribution in [3.05, 3.63) is 24.3 Å². The van der Waals surface area contributed by atoms with Crippen LogP contribution < -0.4 is 15.4 Å². The summed E-state index contributed by atoms with van der Waals surface area (Å²) < 4.78 is 5.26. The van der Waals surface area contributed by atoms with E-state index in [9.17, 15) is 9.59 Å². The van der Waals surface area contributed by atoms with Crippen LogP contribution in [0.2, 0.25) is 0 Å². The van der Waals surface area contributed by atoms with Crippen molar-refractivity contribution in [2.24, 2.45) is 5.92 Å². The van der Waals surface area contributed by atoms with Crippen LogP contribution in [-0.2, 0) is 9.59 Å². The molecule has 0 heterocycles. The second-order valence-electron chi connectivity index (χ2n) is 7.27. The molecule has 1 fully saturated rings. The third-order valence-corrected chi connectivity index (χ3v) is 4.97. The number of carbonyl (C=O) groups is 2. The molecule has 0 saturated heterocycles. The first kappa shape index (κ1) is 21.2. The average Bonchev–Trinajstić information content (AvgIpc) is 2.67. The lowest BCUT2D eigenvalue weighted by Crippen LogP contribution is -2.42. The highest BCUT2D eigenvalue weighted by Crippen LogP contribution is 2.23. The van der Waals surface area contributed by atoms with Crippen LogP contribution in [0.5, 0.6) is 5.75 Å². The summed E-state index contributed by atoms with van der Waals surface area (Å²) in [4.78, 5) is 26.6. The normalized spacial score (nSPS) is 14.8. The van der Waals surface area contributed by atoms with E-state index in [0.29, 0.717) is 23.9 Å². The molecule has 2 N–H and O–H groups in total. The zero-order valence-corrected chi connectivity index (χ0v) is 16.6. The molecule has 0 aromatic heterocycles. The molecular formula is C21H33N3O3. The molecule has 6 nitrogen and oxygen atoms in total. The van der Waals surface area contributed by atoms with E-state index in [1.54, 1.807) is 19.2 Å². The monoisotopic (exact) mass is 375 g/mol. The topological polar surface area (TPSA) is 70.7 Å². The first-order valence-corrected chi connectivity index (χ1v) is 10.0. The SMILES string of the molecule is CCCN(CC(=O)NCC1CCCCC1)CC(=O)Nc1ccccc1OC. The van der Waals surface area contributed by atoms with Gasteiger partial charge in [0.15, 0.2) is 0 Å². The van der Waals surface area contributed by atoms with Crippen LogP contribution in [0.25, 0.3) is 0 Å². The van der Waals surface area contributed by atoms with Gasteiger partial charge in [0.1, 0.15) is 5.75 Å². The molecule has 2 rings (SSSR count). The van der Waals surface area contributed by atoms with Gasteiger partial charge >= 0.3 is 0 Å². The smallest absolute Gasteiger partial charge is 0.238 e. The summed E-state index contributed by atoms with van der Waals surface area (Å²) in [5.41, 5.74) is 0.642. The maximum Gasteiger partial charge on any atom is 0.238 e. The van der Waals surface area contributed by atoms with Crippen molar-refractivity contribution in [1.29, 1.82) is 0 Å². The fourth-order valence-electron chi connectivity index (χ4n) is 3.58. The number of methoxy groups -OCH3 is 1. The third-order valence-electron chi connectivity index (χ3n) is 4.97. The van der Waals surface area contributed by atoms with Crippen LogP contribution in [0.1, 0.15) is 45.4 Å². The van der Waals surface area contributed by atoms with Crippen molar-refractivity contribution in [2.75, 3.05) is 38.6 Å². The van der Waals surface area contributed by atoms with E-state index in [1.807, 2.05) is 24.0 Å². The Balaban J connectivity index is 1.80.